The van der Waals surface area contributed by atoms with Gasteiger partial charge in [0.15, 0.2) is 0 Å². The summed E-state index contributed by atoms with van der Waals surface area (Å²) >= 11 is 0. The smallest absolute Gasteiger partial charge is 0.272 e. The van der Waals surface area contributed by atoms with Crippen molar-refractivity contribution >= 4 is 5.91 Å². The molecule has 5 heteroatoms. The predicted molar refractivity (Wildman–Crippen MR) is 56.6 cm³/mol. The average Bonchev–Trinajstić information content (AvgIpc) is 2.74. The molecule has 1 aliphatic heterocycles. The Balaban J connectivity index is 2.12. The van der Waals surface area contributed by atoms with Crippen LogP contribution in [-0.4, -0.2) is 46.2 Å². The third-order valence-electron chi connectivity index (χ3n) is 2.76. The first-order valence-electron chi connectivity index (χ1n) is 5.22. The molecule has 2 N–H and O–H groups in total. The third kappa shape index (κ3) is 2.02. The van der Waals surface area contributed by atoms with E-state index in [-0.39, 0.29) is 11.9 Å². The summed E-state index contributed by atoms with van der Waals surface area (Å²) in [6.45, 7) is 5.73. The minimum Gasteiger partial charge on any atom is -0.332 e. The lowest BCUT2D eigenvalue weighted by molar-refractivity contribution is 0.0610. The molecule has 2 rings (SSSR count). The van der Waals surface area contributed by atoms with Crippen LogP contribution in [0.1, 0.15) is 24.3 Å². The molecule has 15 heavy (non-hydrogen) atoms. The normalized spacial score (nSPS) is 26.7. The van der Waals surface area contributed by atoms with Crippen LogP contribution in [0.3, 0.4) is 0 Å². The van der Waals surface area contributed by atoms with Crippen molar-refractivity contribution in [3.8, 4) is 0 Å². The third-order valence-corrected chi connectivity index (χ3v) is 2.76. The summed E-state index contributed by atoms with van der Waals surface area (Å²) in [5, 5.41) is 9.84. The Labute approximate surface area is 88.8 Å². The van der Waals surface area contributed by atoms with Crippen molar-refractivity contribution in [2.45, 2.75) is 25.9 Å². The van der Waals surface area contributed by atoms with Crippen LogP contribution in [-0.2, 0) is 0 Å². The Kier molecular flexibility index (Phi) is 2.73. The average molecular weight is 208 g/mol. The molecule has 1 fully saturated rings. The van der Waals surface area contributed by atoms with Crippen molar-refractivity contribution in [2.24, 2.45) is 0 Å². The number of amides is 1. The highest BCUT2D eigenvalue weighted by Crippen LogP contribution is 2.10. The summed E-state index contributed by atoms with van der Waals surface area (Å²) in [6.07, 6.45) is 1.60. The summed E-state index contributed by atoms with van der Waals surface area (Å²) < 4.78 is 0. The zero-order valence-electron chi connectivity index (χ0n) is 9.03. The number of nitrogens with one attached hydrogen (secondary N) is 2. The fraction of sp³-hybridized carbons (Fsp3) is 0.600. The van der Waals surface area contributed by atoms with Gasteiger partial charge in [-0.3, -0.25) is 9.89 Å². The quantitative estimate of drug-likeness (QED) is 0.694. The first-order valence-corrected chi connectivity index (χ1v) is 5.22. The largest absolute Gasteiger partial charge is 0.332 e. The van der Waals surface area contributed by atoms with Crippen molar-refractivity contribution < 1.29 is 4.79 Å². The first kappa shape index (κ1) is 10.2. The first-order chi connectivity index (χ1) is 7.18. The van der Waals surface area contributed by atoms with E-state index in [4.69, 9.17) is 0 Å². The van der Waals surface area contributed by atoms with Crippen molar-refractivity contribution in [3.63, 3.8) is 0 Å². The van der Waals surface area contributed by atoms with Crippen LogP contribution in [0.5, 0.6) is 0 Å². The van der Waals surface area contributed by atoms with E-state index in [0.29, 0.717) is 11.7 Å². The van der Waals surface area contributed by atoms with E-state index in [1.165, 1.54) is 0 Å². The number of H-pyrrole nitrogens is 1. The number of rotatable bonds is 1. The number of carbonyl (C=O) groups is 1. The van der Waals surface area contributed by atoms with Gasteiger partial charge in [0.2, 0.25) is 0 Å². The highest BCUT2D eigenvalue weighted by Gasteiger charge is 2.27. The number of aromatic amines is 1. The fourth-order valence-electron chi connectivity index (χ4n) is 1.83. The zero-order chi connectivity index (χ0) is 10.8. The molecule has 0 radical (unpaired) electrons. The number of carbonyl (C=O) groups excluding carboxylic acids is 1. The second kappa shape index (κ2) is 4.02. The van der Waals surface area contributed by atoms with Crippen molar-refractivity contribution in [2.75, 3.05) is 13.1 Å². The fourth-order valence-corrected chi connectivity index (χ4v) is 1.83. The molecule has 1 aromatic heterocycles. The molecule has 0 aromatic carbocycles. The highest BCUT2D eigenvalue weighted by atomic mass is 16.2. The maximum atomic E-state index is 12.0. The summed E-state index contributed by atoms with van der Waals surface area (Å²) in [5.41, 5.74) is 0.566. The van der Waals surface area contributed by atoms with Gasteiger partial charge in [0.25, 0.3) is 5.91 Å². The Morgan fingerprint density at radius 3 is 3.07 bits per heavy atom. The van der Waals surface area contributed by atoms with Gasteiger partial charge in [-0.1, -0.05) is 0 Å². The van der Waals surface area contributed by atoms with Crippen LogP contribution in [0.4, 0.5) is 0 Å². The molecule has 5 nitrogen and oxygen atoms in total. The molecule has 2 atom stereocenters. The molecule has 0 bridgehead atoms. The van der Waals surface area contributed by atoms with Crippen LogP contribution in [0.15, 0.2) is 12.3 Å². The molecular weight excluding hydrogens is 192 g/mol. The molecule has 0 aliphatic carbocycles. The van der Waals surface area contributed by atoms with E-state index in [9.17, 15) is 4.79 Å². The highest BCUT2D eigenvalue weighted by molar-refractivity contribution is 5.92. The van der Waals surface area contributed by atoms with Crippen LogP contribution < -0.4 is 5.32 Å². The SMILES string of the molecule is CC1CN(C(=O)c2ccn[nH]2)C(C)CN1. The van der Waals surface area contributed by atoms with Gasteiger partial charge in [0, 0.05) is 31.4 Å². The van der Waals surface area contributed by atoms with E-state index >= 15 is 0 Å². The van der Waals surface area contributed by atoms with Crippen molar-refractivity contribution in [3.05, 3.63) is 18.0 Å². The molecule has 0 saturated carbocycles. The lowest BCUT2D eigenvalue weighted by Gasteiger charge is -2.37. The molecule has 1 saturated heterocycles. The predicted octanol–water partition coefficient (Wildman–Crippen LogP) is 0.232. The Morgan fingerprint density at radius 2 is 2.40 bits per heavy atom. The molecule has 1 aliphatic rings. The molecule has 2 unspecified atom stereocenters. The Bertz CT molecular complexity index is 335. The van der Waals surface area contributed by atoms with E-state index in [2.05, 4.69) is 22.4 Å². The summed E-state index contributed by atoms with van der Waals surface area (Å²) in [6, 6.07) is 2.30. The minimum atomic E-state index is 0.0355. The molecule has 82 valence electrons. The van der Waals surface area contributed by atoms with E-state index < -0.39 is 0 Å². The van der Waals surface area contributed by atoms with Crippen molar-refractivity contribution in [1.82, 2.24) is 20.4 Å². The molecule has 0 spiro atoms. The van der Waals surface area contributed by atoms with Crippen LogP contribution in [0, 0.1) is 0 Å². The number of aromatic nitrogens is 2. The van der Waals surface area contributed by atoms with E-state index in [0.717, 1.165) is 13.1 Å². The van der Waals surface area contributed by atoms with Crippen LogP contribution in [0.25, 0.3) is 0 Å². The monoisotopic (exact) mass is 208 g/mol. The van der Waals surface area contributed by atoms with Crippen LogP contribution in [0.2, 0.25) is 0 Å². The molecular formula is C10H16N4O. The van der Waals surface area contributed by atoms with Gasteiger partial charge in [-0.25, -0.2) is 0 Å². The molecule has 1 amide bonds. The maximum Gasteiger partial charge on any atom is 0.272 e. The summed E-state index contributed by atoms with van der Waals surface area (Å²) in [7, 11) is 0. The van der Waals surface area contributed by atoms with Crippen LogP contribution >= 0.6 is 0 Å². The van der Waals surface area contributed by atoms with Gasteiger partial charge in [0.05, 0.1) is 0 Å². The van der Waals surface area contributed by atoms with Gasteiger partial charge in [-0.15, -0.1) is 0 Å². The van der Waals surface area contributed by atoms with Crippen molar-refractivity contribution in [1.29, 1.82) is 0 Å². The number of hydrogen-bond acceptors (Lipinski definition) is 3. The topological polar surface area (TPSA) is 61.0 Å². The van der Waals surface area contributed by atoms with Gasteiger partial charge < -0.3 is 10.2 Å². The number of hydrogen-bond donors (Lipinski definition) is 2. The summed E-state index contributed by atoms with van der Waals surface area (Å²) in [5.74, 6) is 0.0355. The number of nitrogens with zero attached hydrogens (tertiary/aromatic N) is 2. The zero-order valence-corrected chi connectivity index (χ0v) is 9.03. The summed E-state index contributed by atoms with van der Waals surface area (Å²) in [4.78, 5) is 13.9. The molecule has 2 heterocycles. The lowest BCUT2D eigenvalue weighted by atomic mass is 10.1. The van der Waals surface area contributed by atoms with Gasteiger partial charge in [-0.05, 0) is 19.9 Å². The Morgan fingerprint density at radius 1 is 1.60 bits per heavy atom. The Hall–Kier alpha value is -1.36. The lowest BCUT2D eigenvalue weighted by Crippen LogP contribution is -2.56. The van der Waals surface area contributed by atoms with Gasteiger partial charge >= 0.3 is 0 Å². The maximum absolute atomic E-state index is 12.0. The van der Waals surface area contributed by atoms with E-state index in [1.54, 1.807) is 12.3 Å². The van der Waals surface area contributed by atoms with Gasteiger partial charge in [-0.2, -0.15) is 5.10 Å². The minimum absolute atomic E-state index is 0.0355. The second-order valence-corrected chi connectivity index (χ2v) is 4.09. The van der Waals surface area contributed by atoms with E-state index in [1.807, 2.05) is 11.8 Å². The number of piperazine rings is 1. The second-order valence-electron chi connectivity index (χ2n) is 4.09. The molecule has 1 aromatic rings. The van der Waals surface area contributed by atoms with Gasteiger partial charge in [0.1, 0.15) is 5.69 Å². The standard InChI is InChI=1S/C10H16N4O/c1-7-6-14(8(2)5-11-7)10(15)9-3-4-12-13-9/h3-4,7-8,11H,5-6H2,1-2H3,(H,12,13).